The molecule has 0 unspecified atom stereocenters. The topological polar surface area (TPSA) is 82.1 Å². The third-order valence-electron chi connectivity index (χ3n) is 7.40. The number of hydrogen-bond acceptors (Lipinski definition) is 6. The smallest absolute Gasteiger partial charge is 0.343 e. The summed E-state index contributed by atoms with van der Waals surface area (Å²) in [5.41, 5.74) is 2.36. The van der Waals surface area contributed by atoms with Gasteiger partial charge in [0, 0.05) is 23.4 Å². The van der Waals surface area contributed by atoms with Crippen molar-refractivity contribution < 1.29 is 37.4 Å². The van der Waals surface area contributed by atoms with E-state index in [0.717, 1.165) is 31.7 Å². The van der Waals surface area contributed by atoms with Gasteiger partial charge in [0.05, 0.1) is 30.0 Å². The average Bonchev–Trinajstić information content (AvgIpc) is 3.26. The van der Waals surface area contributed by atoms with E-state index in [4.69, 9.17) is 14.2 Å². The third-order valence-corrected chi connectivity index (χ3v) is 7.40. The van der Waals surface area contributed by atoms with E-state index in [1.807, 2.05) is 0 Å². The Hall–Kier alpha value is -5.05. The highest BCUT2D eigenvalue weighted by Crippen LogP contribution is 2.43. The van der Waals surface area contributed by atoms with Crippen molar-refractivity contribution in [2.24, 2.45) is 0 Å². The Morgan fingerprint density at radius 2 is 1.48 bits per heavy atom. The zero-order valence-corrected chi connectivity index (χ0v) is 24.5. The van der Waals surface area contributed by atoms with Gasteiger partial charge in [0.2, 0.25) is 0 Å². The van der Waals surface area contributed by atoms with Crippen LogP contribution >= 0.6 is 0 Å². The van der Waals surface area contributed by atoms with E-state index in [2.05, 4.69) is 6.58 Å². The molecule has 0 fully saturated rings. The van der Waals surface area contributed by atoms with Crippen molar-refractivity contribution in [3.63, 3.8) is 0 Å². The van der Waals surface area contributed by atoms with E-state index in [9.17, 15) is 18.8 Å². The molecule has 0 saturated heterocycles. The van der Waals surface area contributed by atoms with Crippen LogP contribution in [0.2, 0.25) is 0 Å². The molecule has 0 atom stereocenters. The molecule has 0 bridgehead atoms. The summed E-state index contributed by atoms with van der Waals surface area (Å²) in [6, 6.07) is 17.4. The van der Waals surface area contributed by atoms with Gasteiger partial charge in [-0.2, -0.15) is 0 Å². The lowest BCUT2D eigenvalue weighted by Gasteiger charge is -2.13. The predicted molar refractivity (Wildman–Crippen MR) is 163 cm³/mol. The third kappa shape index (κ3) is 6.32. The van der Waals surface area contributed by atoms with Gasteiger partial charge in [-0.05, 0) is 92.3 Å². The molecule has 4 aromatic rings. The summed E-state index contributed by atoms with van der Waals surface area (Å²) in [6.45, 7) is 6.06. The first-order valence-corrected chi connectivity index (χ1v) is 14.3. The molecule has 7 nitrogen and oxygen atoms in total. The van der Waals surface area contributed by atoms with Crippen LogP contribution in [-0.2, 0) is 9.53 Å². The van der Waals surface area contributed by atoms with Gasteiger partial charge in [-0.25, -0.2) is 18.4 Å². The lowest BCUT2D eigenvalue weighted by atomic mass is 9.95. The van der Waals surface area contributed by atoms with Crippen LogP contribution in [-0.4, -0.2) is 38.1 Å². The van der Waals surface area contributed by atoms with E-state index in [1.165, 1.54) is 4.90 Å². The second kappa shape index (κ2) is 13.1. The zero-order chi connectivity index (χ0) is 31.4. The van der Waals surface area contributed by atoms with Crippen molar-refractivity contribution >= 4 is 34.3 Å². The summed E-state index contributed by atoms with van der Waals surface area (Å²) >= 11 is 0. The largest absolute Gasteiger partial charge is 0.494 e. The first kappa shape index (κ1) is 30.4. The summed E-state index contributed by atoms with van der Waals surface area (Å²) in [6.07, 6.45) is 3.46. The Labute approximate surface area is 253 Å². The minimum absolute atomic E-state index is 0.0314. The zero-order valence-electron chi connectivity index (χ0n) is 24.5. The predicted octanol–water partition coefficient (Wildman–Crippen LogP) is 7.65. The maximum Gasteiger partial charge on any atom is 0.343 e. The quantitative estimate of drug-likeness (QED) is 0.0720. The SMILES string of the molecule is C=C(C)C(=O)OCCCCCCOc1ccc(C(=O)Oc2ccc(-c3ccc4c5c(cc(F)c(F)c35)C(=O)N4C)cc2)cc1. The number of hydrogen-bond donors (Lipinski definition) is 0. The van der Waals surface area contributed by atoms with Gasteiger partial charge in [0.25, 0.3) is 5.91 Å². The minimum Gasteiger partial charge on any atom is -0.494 e. The van der Waals surface area contributed by atoms with Gasteiger partial charge in [-0.1, -0.05) is 24.8 Å². The second-order valence-corrected chi connectivity index (χ2v) is 10.6. The maximum absolute atomic E-state index is 15.0. The fourth-order valence-electron chi connectivity index (χ4n) is 5.04. The van der Waals surface area contributed by atoms with Crippen molar-refractivity contribution in [2.75, 3.05) is 25.2 Å². The lowest BCUT2D eigenvalue weighted by molar-refractivity contribution is -0.139. The molecule has 0 saturated carbocycles. The number of esters is 2. The lowest BCUT2D eigenvalue weighted by Crippen LogP contribution is -2.20. The molecule has 1 amide bonds. The van der Waals surface area contributed by atoms with Gasteiger partial charge in [0.15, 0.2) is 11.6 Å². The molecule has 5 rings (SSSR count). The fraction of sp³-hybridized carbons (Fsp3) is 0.229. The van der Waals surface area contributed by atoms with Crippen LogP contribution in [0.5, 0.6) is 11.5 Å². The van der Waals surface area contributed by atoms with Gasteiger partial charge >= 0.3 is 11.9 Å². The van der Waals surface area contributed by atoms with Crippen molar-refractivity contribution in [1.82, 2.24) is 0 Å². The van der Waals surface area contributed by atoms with Crippen LogP contribution in [0.4, 0.5) is 14.5 Å². The highest BCUT2D eigenvalue weighted by Gasteiger charge is 2.31. The van der Waals surface area contributed by atoms with Crippen LogP contribution in [0.3, 0.4) is 0 Å². The number of benzene rings is 4. The highest BCUT2D eigenvalue weighted by molar-refractivity contribution is 6.26. The van der Waals surface area contributed by atoms with Crippen LogP contribution in [0.25, 0.3) is 21.9 Å². The standard InChI is InChI=1S/C35H31F2NO6/c1-21(2)34(40)43-19-7-5-4-6-18-42-24-12-10-23(11-13-24)35(41)44-25-14-8-22(9-15-25)26-16-17-29-30-27(33(39)38(29)3)20-28(36)32(37)31(26)30/h8-17,20H,1,4-7,18-19H2,2-3H3. The molecule has 226 valence electrons. The normalized spacial score (nSPS) is 12.0. The Bertz CT molecular complexity index is 1750. The number of carbonyl (C=O) groups excluding carboxylic acids is 3. The maximum atomic E-state index is 15.0. The summed E-state index contributed by atoms with van der Waals surface area (Å²) in [7, 11) is 1.56. The Morgan fingerprint density at radius 1 is 0.818 bits per heavy atom. The molecule has 1 heterocycles. The Kier molecular flexibility index (Phi) is 9.04. The number of anilines is 1. The molecule has 1 aliphatic heterocycles. The van der Waals surface area contributed by atoms with E-state index in [1.54, 1.807) is 74.6 Å². The van der Waals surface area contributed by atoms with Gasteiger partial charge < -0.3 is 19.1 Å². The molecule has 0 N–H and O–H groups in total. The average molecular weight is 600 g/mol. The van der Waals surface area contributed by atoms with Crippen molar-refractivity contribution in [2.45, 2.75) is 32.6 Å². The Morgan fingerprint density at radius 3 is 2.16 bits per heavy atom. The first-order chi connectivity index (χ1) is 21.2. The van der Waals surface area contributed by atoms with Crippen molar-refractivity contribution in [1.29, 1.82) is 0 Å². The summed E-state index contributed by atoms with van der Waals surface area (Å²) in [5.74, 6) is -2.53. The van der Waals surface area contributed by atoms with Gasteiger partial charge in [-0.15, -0.1) is 0 Å². The Balaban J connectivity index is 1.15. The molecule has 0 aliphatic carbocycles. The van der Waals surface area contributed by atoms with Crippen molar-refractivity contribution in [3.8, 4) is 22.6 Å². The number of nitrogens with zero attached hydrogens (tertiary/aromatic N) is 1. The number of ether oxygens (including phenoxy) is 3. The van der Waals surface area contributed by atoms with Crippen LogP contribution in [0.1, 0.15) is 53.3 Å². The van der Waals surface area contributed by atoms with E-state index < -0.39 is 23.5 Å². The molecule has 44 heavy (non-hydrogen) atoms. The number of unbranched alkanes of at least 4 members (excludes halogenated alkanes) is 3. The molecule has 0 spiro atoms. The monoisotopic (exact) mass is 599 g/mol. The first-order valence-electron chi connectivity index (χ1n) is 14.3. The second-order valence-electron chi connectivity index (χ2n) is 10.6. The van der Waals surface area contributed by atoms with E-state index in [0.29, 0.717) is 52.3 Å². The number of carbonyl (C=O) groups is 3. The summed E-state index contributed by atoms with van der Waals surface area (Å²) < 4.78 is 45.8. The van der Waals surface area contributed by atoms with E-state index in [-0.39, 0.29) is 22.7 Å². The molecule has 4 aromatic carbocycles. The molecule has 0 radical (unpaired) electrons. The van der Waals surface area contributed by atoms with Crippen LogP contribution in [0, 0.1) is 11.6 Å². The molecule has 1 aliphatic rings. The summed E-state index contributed by atoms with van der Waals surface area (Å²) in [4.78, 5) is 38.0. The summed E-state index contributed by atoms with van der Waals surface area (Å²) in [5, 5.41) is 0.402. The number of amides is 1. The van der Waals surface area contributed by atoms with Crippen molar-refractivity contribution in [3.05, 3.63) is 102 Å². The van der Waals surface area contributed by atoms with Gasteiger partial charge in [0.1, 0.15) is 11.5 Å². The minimum atomic E-state index is -1.09. The fourth-order valence-corrected chi connectivity index (χ4v) is 5.04. The van der Waals surface area contributed by atoms with Gasteiger partial charge in [-0.3, -0.25) is 4.79 Å². The van der Waals surface area contributed by atoms with Crippen LogP contribution < -0.4 is 14.4 Å². The van der Waals surface area contributed by atoms with Crippen LogP contribution in [0.15, 0.2) is 78.9 Å². The van der Waals surface area contributed by atoms with E-state index >= 15 is 4.39 Å². The molecule has 9 heteroatoms. The number of halogens is 2. The molecular weight excluding hydrogens is 568 g/mol. The molecular formula is C35H31F2NO6. The molecule has 0 aromatic heterocycles. The highest BCUT2D eigenvalue weighted by atomic mass is 19.2. The number of rotatable bonds is 12.